The van der Waals surface area contributed by atoms with Crippen LogP contribution in [-0.4, -0.2) is 53.2 Å². The predicted molar refractivity (Wildman–Crippen MR) is 96.0 cm³/mol. The molecule has 0 unspecified atom stereocenters. The van der Waals surface area contributed by atoms with Crippen molar-refractivity contribution in [2.75, 3.05) is 26.7 Å². The van der Waals surface area contributed by atoms with Crippen LogP contribution in [0.15, 0.2) is 47.2 Å². The van der Waals surface area contributed by atoms with Gasteiger partial charge in [0.2, 0.25) is 0 Å². The minimum atomic E-state index is 0.0721. The summed E-state index contributed by atoms with van der Waals surface area (Å²) in [6.45, 7) is 4.80. The third-order valence-electron chi connectivity index (χ3n) is 5.68. The fourth-order valence-corrected chi connectivity index (χ4v) is 4.07. The normalized spacial score (nSPS) is 23.5. The summed E-state index contributed by atoms with van der Waals surface area (Å²) in [6, 6.07) is 10.6. The third-order valence-corrected chi connectivity index (χ3v) is 5.68. The van der Waals surface area contributed by atoms with Crippen molar-refractivity contribution in [2.45, 2.75) is 44.0 Å². The zero-order chi connectivity index (χ0) is 17.1. The van der Waals surface area contributed by atoms with E-state index in [-0.39, 0.29) is 5.60 Å². The van der Waals surface area contributed by atoms with Crippen molar-refractivity contribution in [1.82, 2.24) is 14.8 Å². The number of rotatable bonds is 5. The van der Waals surface area contributed by atoms with Crippen LogP contribution in [-0.2, 0) is 17.8 Å². The molecular formula is C20H27N3O2. The number of furan rings is 1. The molecule has 0 N–H and O–H groups in total. The van der Waals surface area contributed by atoms with Gasteiger partial charge >= 0.3 is 0 Å². The first kappa shape index (κ1) is 16.8. The second kappa shape index (κ2) is 7.28. The van der Waals surface area contributed by atoms with Crippen LogP contribution in [0.25, 0.3) is 0 Å². The van der Waals surface area contributed by atoms with Crippen molar-refractivity contribution in [1.29, 1.82) is 0 Å². The summed E-state index contributed by atoms with van der Waals surface area (Å²) in [6.07, 6.45) is 6.98. The van der Waals surface area contributed by atoms with Gasteiger partial charge in [0, 0.05) is 31.9 Å². The molecule has 1 atom stereocenters. The number of pyridine rings is 1. The summed E-state index contributed by atoms with van der Waals surface area (Å²) in [4.78, 5) is 9.31. The van der Waals surface area contributed by atoms with Gasteiger partial charge in [0.1, 0.15) is 5.76 Å². The molecule has 4 rings (SSSR count). The molecule has 2 fully saturated rings. The minimum Gasteiger partial charge on any atom is -0.468 e. The van der Waals surface area contributed by atoms with Crippen LogP contribution in [0.5, 0.6) is 0 Å². The zero-order valence-corrected chi connectivity index (χ0v) is 14.9. The van der Waals surface area contributed by atoms with Gasteiger partial charge < -0.3 is 9.15 Å². The van der Waals surface area contributed by atoms with Crippen LogP contribution in [0.4, 0.5) is 0 Å². The van der Waals surface area contributed by atoms with E-state index in [2.05, 4.69) is 34.0 Å². The Morgan fingerprint density at radius 2 is 2.12 bits per heavy atom. The van der Waals surface area contributed by atoms with E-state index in [9.17, 15) is 0 Å². The second-order valence-electron chi connectivity index (χ2n) is 7.44. The Morgan fingerprint density at radius 3 is 2.84 bits per heavy atom. The quantitative estimate of drug-likeness (QED) is 0.836. The standard InChI is InChI=1S/C20H27N3O2/c1-22(15-19-6-4-12-24-19)18-13-20(25-16-18)7-10-23(11-8-20)14-17-5-2-3-9-21-17/h2-6,9,12,18H,7-8,10-11,13-16H2,1H3/t18-/m1/s1. The van der Waals surface area contributed by atoms with Crippen molar-refractivity contribution in [3.8, 4) is 0 Å². The molecule has 2 saturated heterocycles. The molecule has 4 heterocycles. The number of ether oxygens (including phenoxy) is 1. The summed E-state index contributed by atoms with van der Waals surface area (Å²) in [5.41, 5.74) is 1.23. The van der Waals surface area contributed by atoms with E-state index < -0.39 is 0 Å². The van der Waals surface area contributed by atoms with Crippen LogP contribution < -0.4 is 0 Å². The number of piperidine rings is 1. The molecule has 0 bridgehead atoms. The van der Waals surface area contributed by atoms with Crippen LogP contribution in [0.1, 0.15) is 30.7 Å². The summed E-state index contributed by atoms with van der Waals surface area (Å²) in [5.74, 6) is 1.02. The SMILES string of the molecule is CN(Cc1ccco1)[C@H]1COC2(CCN(Cc3ccccn3)CC2)C1. The lowest BCUT2D eigenvalue weighted by atomic mass is 9.87. The highest BCUT2D eigenvalue weighted by molar-refractivity contribution is 5.05. The largest absolute Gasteiger partial charge is 0.468 e. The van der Waals surface area contributed by atoms with Crippen LogP contribution in [0.2, 0.25) is 0 Å². The van der Waals surface area contributed by atoms with Crippen LogP contribution >= 0.6 is 0 Å². The molecule has 1 spiro atoms. The lowest BCUT2D eigenvalue weighted by molar-refractivity contribution is -0.0454. The number of nitrogens with zero attached hydrogens (tertiary/aromatic N) is 3. The van der Waals surface area contributed by atoms with Gasteiger partial charge in [-0.05, 0) is 50.6 Å². The summed E-state index contributed by atoms with van der Waals surface area (Å²) >= 11 is 0. The van der Waals surface area contributed by atoms with Gasteiger partial charge in [-0.2, -0.15) is 0 Å². The Morgan fingerprint density at radius 1 is 1.24 bits per heavy atom. The Labute approximate surface area is 149 Å². The highest BCUT2D eigenvalue weighted by atomic mass is 16.5. The molecule has 0 amide bonds. The average molecular weight is 341 g/mol. The minimum absolute atomic E-state index is 0.0721. The Hall–Kier alpha value is -1.69. The molecule has 5 heteroatoms. The predicted octanol–water partition coefficient (Wildman–Crippen LogP) is 2.93. The average Bonchev–Trinajstić information content (AvgIpc) is 3.29. The fraction of sp³-hybridized carbons (Fsp3) is 0.550. The van der Waals surface area contributed by atoms with Gasteiger partial charge in [-0.3, -0.25) is 14.8 Å². The molecule has 134 valence electrons. The van der Waals surface area contributed by atoms with Gasteiger partial charge in [0.15, 0.2) is 0 Å². The van der Waals surface area contributed by atoms with Crippen molar-refractivity contribution in [3.63, 3.8) is 0 Å². The summed E-state index contributed by atoms with van der Waals surface area (Å²) in [7, 11) is 2.17. The van der Waals surface area contributed by atoms with Gasteiger partial charge in [-0.1, -0.05) is 6.07 Å². The molecule has 2 aromatic heterocycles. The van der Waals surface area contributed by atoms with Gasteiger partial charge in [-0.25, -0.2) is 0 Å². The smallest absolute Gasteiger partial charge is 0.117 e. The summed E-state index contributed by atoms with van der Waals surface area (Å²) in [5, 5.41) is 0. The molecule has 0 aromatic carbocycles. The first-order valence-corrected chi connectivity index (χ1v) is 9.21. The molecule has 0 saturated carbocycles. The number of likely N-dealkylation sites (tertiary alicyclic amines) is 1. The highest BCUT2D eigenvalue weighted by Crippen LogP contribution is 2.37. The van der Waals surface area contributed by atoms with Crippen molar-refractivity contribution in [3.05, 3.63) is 54.2 Å². The van der Waals surface area contributed by atoms with Crippen molar-refractivity contribution in [2.24, 2.45) is 0 Å². The molecule has 0 aliphatic carbocycles. The molecule has 5 nitrogen and oxygen atoms in total. The van der Waals surface area contributed by atoms with E-state index in [1.807, 2.05) is 24.4 Å². The maximum atomic E-state index is 6.32. The Kier molecular flexibility index (Phi) is 4.88. The van der Waals surface area contributed by atoms with Gasteiger partial charge in [0.05, 0.1) is 30.7 Å². The Balaban J connectivity index is 1.28. The molecule has 25 heavy (non-hydrogen) atoms. The van der Waals surface area contributed by atoms with Crippen molar-refractivity contribution < 1.29 is 9.15 Å². The molecular weight excluding hydrogens is 314 g/mol. The Bertz CT molecular complexity index is 651. The first-order valence-electron chi connectivity index (χ1n) is 9.21. The fourth-order valence-electron chi connectivity index (χ4n) is 4.07. The number of aromatic nitrogens is 1. The first-order chi connectivity index (χ1) is 12.2. The molecule has 0 radical (unpaired) electrons. The third kappa shape index (κ3) is 3.94. The van der Waals surface area contributed by atoms with E-state index in [1.165, 1.54) is 0 Å². The molecule has 2 aliphatic rings. The lowest BCUT2D eigenvalue weighted by Gasteiger charge is -2.38. The van der Waals surface area contributed by atoms with Crippen LogP contribution in [0.3, 0.4) is 0 Å². The highest BCUT2D eigenvalue weighted by Gasteiger charge is 2.43. The maximum Gasteiger partial charge on any atom is 0.117 e. The van der Waals surface area contributed by atoms with E-state index in [1.54, 1.807) is 6.26 Å². The van der Waals surface area contributed by atoms with E-state index >= 15 is 0 Å². The van der Waals surface area contributed by atoms with Gasteiger partial charge in [0.25, 0.3) is 0 Å². The topological polar surface area (TPSA) is 41.7 Å². The number of hydrogen-bond donors (Lipinski definition) is 0. The van der Waals surface area contributed by atoms with E-state index in [0.29, 0.717) is 6.04 Å². The van der Waals surface area contributed by atoms with Crippen LogP contribution in [0, 0.1) is 0 Å². The number of likely N-dealkylation sites (N-methyl/N-ethyl adjacent to an activating group) is 1. The van der Waals surface area contributed by atoms with E-state index in [4.69, 9.17) is 9.15 Å². The summed E-state index contributed by atoms with van der Waals surface area (Å²) < 4.78 is 11.8. The number of hydrogen-bond acceptors (Lipinski definition) is 5. The zero-order valence-electron chi connectivity index (χ0n) is 14.9. The maximum absolute atomic E-state index is 6.32. The molecule has 2 aliphatic heterocycles. The second-order valence-corrected chi connectivity index (χ2v) is 7.44. The van der Waals surface area contributed by atoms with E-state index in [0.717, 1.165) is 63.5 Å². The van der Waals surface area contributed by atoms with Crippen molar-refractivity contribution >= 4 is 0 Å². The lowest BCUT2D eigenvalue weighted by Crippen LogP contribution is -2.44. The van der Waals surface area contributed by atoms with Gasteiger partial charge in [-0.15, -0.1) is 0 Å². The molecule has 2 aromatic rings. The monoisotopic (exact) mass is 341 g/mol.